The lowest BCUT2D eigenvalue weighted by atomic mass is 9.97. The molecule has 28 heavy (non-hydrogen) atoms. The number of likely N-dealkylation sites (tertiary alicyclic amines) is 1. The second-order valence-electron chi connectivity index (χ2n) is 6.26. The minimum Gasteiger partial charge on any atom is -0.469 e. The Morgan fingerprint density at radius 1 is 1.25 bits per heavy atom. The first-order chi connectivity index (χ1) is 13.1. The van der Waals surface area contributed by atoms with E-state index in [9.17, 15) is 9.59 Å². The van der Waals surface area contributed by atoms with Crippen molar-refractivity contribution in [3.8, 4) is 0 Å². The number of hydrogen-bond acceptors (Lipinski definition) is 4. The van der Waals surface area contributed by atoms with Crippen LogP contribution in [0.3, 0.4) is 0 Å². The fraction of sp³-hybridized carbons (Fsp3) is 0.526. The van der Waals surface area contributed by atoms with Crippen LogP contribution in [0.4, 0.5) is 0 Å². The summed E-state index contributed by atoms with van der Waals surface area (Å²) in [6, 6.07) is 6.95. The van der Waals surface area contributed by atoms with Crippen molar-refractivity contribution in [2.45, 2.75) is 19.8 Å². The molecular weight excluding hydrogens is 495 g/mol. The quantitative estimate of drug-likeness (QED) is 0.197. The maximum Gasteiger partial charge on any atom is 0.308 e. The van der Waals surface area contributed by atoms with Crippen LogP contribution in [0, 0.1) is 5.92 Å². The third-order valence-corrected chi connectivity index (χ3v) is 4.77. The van der Waals surface area contributed by atoms with Gasteiger partial charge in [0.2, 0.25) is 0 Å². The first-order valence-corrected chi connectivity index (χ1v) is 9.58. The number of piperidine rings is 1. The number of aliphatic imine (C=N–C) groups is 1. The molecule has 0 atom stereocenters. The van der Waals surface area contributed by atoms with Gasteiger partial charge in [0.25, 0.3) is 5.91 Å². The lowest BCUT2D eigenvalue weighted by molar-refractivity contribution is -0.146. The zero-order valence-electron chi connectivity index (χ0n) is 16.2. The van der Waals surface area contributed by atoms with Crippen molar-refractivity contribution >= 4 is 53.4 Å². The van der Waals surface area contributed by atoms with Crippen LogP contribution in [0.15, 0.2) is 29.3 Å². The maximum absolute atomic E-state index is 12.2. The molecule has 0 aromatic heterocycles. The molecule has 0 radical (unpaired) electrons. The number of carbonyl (C=O) groups excluding carboxylic acids is 2. The van der Waals surface area contributed by atoms with Crippen LogP contribution in [-0.4, -0.2) is 62.6 Å². The van der Waals surface area contributed by atoms with Crippen molar-refractivity contribution < 1.29 is 14.3 Å². The van der Waals surface area contributed by atoms with Gasteiger partial charge in [0.15, 0.2) is 5.96 Å². The number of methoxy groups -OCH3 is 1. The van der Waals surface area contributed by atoms with Crippen molar-refractivity contribution in [2.75, 3.05) is 39.8 Å². The van der Waals surface area contributed by atoms with Crippen molar-refractivity contribution in [1.29, 1.82) is 0 Å². The van der Waals surface area contributed by atoms with E-state index in [1.165, 1.54) is 7.11 Å². The number of halogens is 2. The summed E-state index contributed by atoms with van der Waals surface area (Å²) < 4.78 is 4.83. The summed E-state index contributed by atoms with van der Waals surface area (Å²) >= 11 is 6.03. The van der Waals surface area contributed by atoms with E-state index in [-0.39, 0.29) is 41.8 Å². The molecule has 1 aromatic carbocycles. The smallest absolute Gasteiger partial charge is 0.308 e. The maximum atomic E-state index is 12.2. The van der Waals surface area contributed by atoms with Gasteiger partial charge >= 0.3 is 5.97 Å². The molecule has 1 aromatic rings. The molecule has 1 heterocycles. The summed E-state index contributed by atoms with van der Waals surface area (Å²) in [5, 5.41) is 6.53. The summed E-state index contributed by atoms with van der Waals surface area (Å²) in [7, 11) is 1.43. The van der Waals surface area contributed by atoms with Gasteiger partial charge in [0, 0.05) is 26.2 Å². The average molecular weight is 523 g/mol. The standard InChI is InChI=1S/C19H27ClN4O3.HI/c1-3-21-19(24-12-8-14(9-13-24)18(26)27-2)23-11-10-22-17(25)15-6-4-5-7-16(15)20;/h4-7,14H,3,8-13H2,1-2H3,(H,21,23)(H,22,25);1H. The topological polar surface area (TPSA) is 83.0 Å². The van der Waals surface area contributed by atoms with Crippen LogP contribution < -0.4 is 10.6 Å². The lowest BCUT2D eigenvalue weighted by Crippen LogP contribution is -2.47. The molecule has 7 nitrogen and oxygen atoms in total. The summed E-state index contributed by atoms with van der Waals surface area (Å²) in [6.07, 6.45) is 1.50. The number of benzene rings is 1. The van der Waals surface area contributed by atoms with Gasteiger partial charge in [-0.15, -0.1) is 24.0 Å². The Balaban J connectivity index is 0.00000392. The molecule has 9 heteroatoms. The monoisotopic (exact) mass is 522 g/mol. The SMILES string of the molecule is CCNC(=NCCNC(=O)c1ccccc1Cl)N1CCC(C(=O)OC)CC1.I. The second-order valence-corrected chi connectivity index (χ2v) is 6.66. The predicted octanol–water partition coefficient (Wildman–Crippen LogP) is 2.54. The van der Waals surface area contributed by atoms with Crippen molar-refractivity contribution in [2.24, 2.45) is 10.9 Å². The molecule has 1 aliphatic heterocycles. The molecule has 0 saturated carbocycles. The van der Waals surface area contributed by atoms with Gasteiger partial charge in [0.05, 0.1) is 30.2 Å². The van der Waals surface area contributed by atoms with Crippen LogP contribution in [0.1, 0.15) is 30.1 Å². The fourth-order valence-corrected chi connectivity index (χ4v) is 3.21. The van der Waals surface area contributed by atoms with Gasteiger partial charge in [-0.05, 0) is 31.9 Å². The van der Waals surface area contributed by atoms with E-state index in [1.54, 1.807) is 24.3 Å². The highest BCUT2D eigenvalue weighted by Gasteiger charge is 2.26. The minimum absolute atomic E-state index is 0. The molecular formula is C19H28ClIN4O3. The Hall–Kier alpha value is -1.55. The zero-order valence-corrected chi connectivity index (χ0v) is 19.3. The van der Waals surface area contributed by atoms with Crippen molar-refractivity contribution in [3.05, 3.63) is 34.9 Å². The molecule has 1 amide bonds. The number of nitrogens with zero attached hydrogens (tertiary/aromatic N) is 2. The van der Waals surface area contributed by atoms with Crippen LogP contribution in [0.25, 0.3) is 0 Å². The third kappa shape index (κ3) is 7.12. The Morgan fingerprint density at radius 3 is 2.54 bits per heavy atom. The molecule has 2 rings (SSSR count). The molecule has 156 valence electrons. The van der Waals surface area contributed by atoms with Gasteiger partial charge in [-0.3, -0.25) is 14.6 Å². The number of carbonyl (C=O) groups is 2. The highest BCUT2D eigenvalue weighted by atomic mass is 127. The number of rotatable bonds is 6. The zero-order chi connectivity index (χ0) is 19.6. The summed E-state index contributed by atoms with van der Waals surface area (Å²) in [6.45, 7) is 5.12. The number of amides is 1. The highest BCUT2D eigenvalue weighted by molar-refractivity contribution is 14.0. The third-order valence-electron chi connectivity index (χ3n) is 4.44. The molecule has 0 spiro atoms. The van der Waals surface area contributed by atoms with Crippen LogP contribution in [0.2, 0.25) is 5.02 Å². The normalized spacial score (nSPS) is 14.8. The largest absolute Gasteiger partial charge is 0.469 e. The van der Waals surface area contributed by atoms with E-state index in [4.69, 9.17) is 16.3 Å². The molecule has 1 fully saturated rings. The Kier molecular flexibility index (Phi) is 11.2. The average Bonchev–Trinajstić information content (AvgIpc) is 2.70. The summed E-state index contributed by atoms with van der Waals surface area (Å²) in [4.78, 5) is 30.5. The van der Waals surface area contributed by atoms with E-state index >= 15 is 0 Å². The molecule has 1 saturated heterocycles. The molecule has 0 bridgehead atoms. The number of esters is 1. The second kappa shape index (κ2) is 12.8. The molecule has 0 aliphatic carbocycles. The minimum atomic E-state index is -0.209. The van der Waals surface area contributed by atoms with Crippen molar-refractivity contribution in [1.82, 2.24) is 15.5 Å². The number of guanidine groups is 1. The van der Waals surface area contributed by atoms with Gasteiger partial charge < -0.3 is 20.3 Å². The van der Waals surface area contributed by atoms with Gasteiger partial charge in [-0.2, -0.15) is 0 Å². The number of ether oxygens (including phenoxy) is 1. The highest BCUT2D eigenvalue weighted by Crippen LogP contribution is 2.18. The Bertz CT molecular complexity index is 679. The van der Waals surface area contributed by atoms with E-state index in [2.05, 4.69) is 20.5 Å². The van der Waals surface area contributed by atoms with Gasteiger partial charge in [-0.25, -0.2) is 0 Å². The predicted molar refractivity (Wildman–Crippen MR) is 121 cm³/mol. The fourth-order valence-electron chi connectivity index (χ4n) is 2.99. The summed E-state index contributed by atoms with van der Waals surface area (Å²) in [5.74, 6) is 0.412. The number of hydrogen-bond donors (Lipinski definition) is 2. The Labute approximate surface area is 188 Å². The molecule has 0 unspecified atom stereocenters. The summed E-state index contributed by atoms with van der Waals surface area (Å²) in [5.41, 5.74) is 0.458. The van der Waals surface area contributed by atoms with E-state index in [0.717, 1.165) is 38.4 Å². The van der Waals surface area contributed by atoms with E-state index in [1.807, 2.05) is 6.92 Å². The van der Waals surface area contributed by atoms with Crippen LogP contribution in [-0.2, 0) is 9.53 Å². The van der Waals surface area contributed by atoms with Crippen LogP contribution in [0.5, 0.6) is 0 Å². The molecule has 2 N–H and O–H groups in total. The molecule has 1 aliphatic rings. The first-order valence-electron chi connectivity index (χ1n) is 9.20. The lowest BCUT2D eigenvalue weighted by Gasteiger charge is -2.33. The number of nitrogens with one attached hydrogen (secondary N) is 2. The Morgan fingerprint density at radius 2 is 1.93 bits per heavy atom. The van der Waals surface area contributed by atoms with E-state index < -0.39 is 0 Å². The van der Waals surface area contributed by atoms with E-state index in [0.29, 0.717) is 23.7 Å². The van der Waals surface area contributed by atoms with Gasteiger partial charge in [-0.1, -0.05) is 23.7 Å². The van der Waals surface area contributed by atoms with Crippen LogP contribution >= 0.6 is 35.6 Å². The van der Waals surface area contributed by atoms with Gasteiger partial charge in [0.1, 0.15) is 0 Å². The van der Waals surface area contributed by atoms with Crippen molar-refractivity contribution in [3.63, 3.8) is 0 Å². The first kappa shape index (κ1) is 24.5.